The number of urea groups is 1. The zero-order valence-electron chi connectivity index (χ0n) is 13.4. The third kappa shape index (κ3) is 2.89. The number of rotatable bonds is 3. The number of nitrogens with one attached hydrogen (secondary N) is 3. The molecule has 21 heavy (non-hydrogen) atoms. The molecular weight excluding hydrogens is 262 g/mol. The van der Waals surface area contributed by atoms with E-state index in [1.807, 2.05) is 36.4 Å². The van der Waals surface area contributed by atoms with Gasteiger partial charge in [-0.25, -0.2) is 4.79 Å². The van der Waals surface area contributed by atoms with Crippen LogP contribution in [0.25, 0.3) is 10.9 Å². The van der Waals surface area contributed by atoms with Gasteiger partial charge in [-0.05, 0) is 30.2 Å². The van der Waals surface area contributed by atoms with E-state index in [0.29, 0.717) is 12.1 Å². The fourth-order valence-electron chi connectivity index (χ4n) is 2.18. The molecule has 1 aromatic heterocycles. The maximum Gasteiger partial charge on any atom is 0.323 e. The topological polar surface area (TPSA) is 56.9 Å². The lowest BCUT2D eigenvalue weighted by Gasteiger charge is -2.07. The number of carbonyl (C=O) groups is 1. The van der Waals surface area contributed by atoms with Crippen molar-refractivity contribution in [1.29, 1.82) is 0 Å². The molecule has 0 atom stereocenters. The number of aromatic nitrogens is 1. The largest absolute Gasteiger partial charge is 0.359 e. The van der Waals surface area contributed by atoms with Gasteiger partial charge >= 0.3 is 6.03 Å². The second-order valence-electron chi connectivity index (χ2n) is 4.73. The van der Waals surface area contributed by atoms with Gasteiger partial charge in [0.25, 0.3) is 0 Å². The number of hydrogen-bond donors (Lipinski definition) is 3. The number of hydrogen-bond acceptors (Lipinski definition) is 1. The summed E-state index contributed by atoms with van der Waals surface area (Å²) >= 11 is 0. The van der Waals surface area contributed by atoms with Crippen LogP contribution in [0, 0.1) is 0 Å². The molecule has 4 nitrogen and oxygen atoms in total. The number of anilines is 2. The van der Waals surface area contributed by atoms with Crippen molar-refractivity contribution in [1.82, 2.24) is 4.98 Å². The quantitative estimate of drug-likeness (QED) is 0.656. The fourth-order valence-corrected chi connectivity index (χ4v) is 2.18. The van der Waals surface area contributed by atoms with Crippen LogP contribution in [0.4, 0.5) is 16.2 Å². The molecular formula is C17H17N3O. The van der Waals surface area contributed by atoms with Crippen LogP contribution in [0.15, 0.2) is 54.7 Å². The maximum absolute atomic E-state index is 12.1. The van der Waals surface area contributed by atoms with Gasteiger partial charge in [-0.3, -0.25) is 0 Å². The average molecular weight is 281 g/mol. The first kappa shape index (κ1) is 11.0. The Hall–Kier alpha value is -2.75. The normalized spacial score (nSPS) is 12.0. The summed E-state index contributed by atoms with van der Waals surface area (Å²) in [5, 5.41) is 6.54. The number of carbonyl (C=O) groups excluding carboxylic acids is 1. The smallest absolute Gasteiger partial charge is 0.323 e. The lowest BCUT2D eigenvalue weighted by Crippen LogP contribution is -2.19. The number of amides is 2. The zero-order valence-corrected chi connectivity index (χ0v) is 11.4. The molecule has 0 saturated carbocycles. The number of benzene rings is 2. The minimum atomic E-state index is -0.876. The molecule has 3 N–H and O–H groups in total. The molecule has 0 radical (unpaired) electrons. The van der Waals surface area contributed by atoms with E-state index in [1.54, 1.807) is 18.3 Å². The summed E-state index contributed by atoms with van der Waals surface area (Å²) in [6.45, 7) is -0.876. The highest BCUT2D eigenvalue weighted by Gasteiger charge is 2.07. The van der Waals surface area contributed by atoms with Gasteiger partial charge in [0.2, 0.25) is 0 Å². The SMILES string of the molecule is [2H]C([2H])Cc1ccc(NC(=O)Nc2c[nH]c3ccccc23)cc1. The lowest BCUT2D eigenvalue weighted by atomic mass is 10.1. The molecule has 106 valence electrons. The van der Waals surface area contributed by atoms with E-state index in [9.17, 15) is 4.79 Å². The maximum atomic E-state index is 12.1. The molecule has 0 saturated heterocycles. The Labute approximate surface area is 126 Å². The van der Waals surface area contributed by atoms with Gasteiger partial charge in [0, 0.05) is 25.5 Å². The Morgan fingerprint density at radius 3 is 2.76 bits per heavy atom. The van der Waals surface area contributed by atoms with E-state index < -0.39 is 6.88 Å². The van der Waals surface area contributed by atoms with Crippen molar-refractivity contribution in [2.75, 3.05) is 10.6 Å². The monoisotopic (exact) mass is 281 g/mol. The predicted octanol–water partition coefficient (Wildman–Crippen LogP) is 4.37. The summed E-state index contributed by atoms with van der Waals surface area (Å²) in [7, 11) is 0. The van der Waals surface area contributed by atoms with E-state index >= 15 is 0 Å². The molecule has 4 heteroatoms. The van der Waals surface area contributed by atoms with E-state index in [1.165, 1.54) is 0 Å². The van der Waals surface area contributed by atoms with E-state index in [4.69, 9.17) is 2.74 Å². The Balaban J connectivity index is 1.65. The number of aryl methyl sites for hydroxylation is 1. The molecule has 2 amide bonds. The second-order valence-corrected chi connectivity index (χ2v) is 4.73. The molecule has 0 aliphatic heterocycles. The summed E-state index contributed by atoms with van der Waals surface area (Å²) in [6, 6.07) is 14.6. The number of aromatic amines is 1. The molecule has 1 heterocycles. The van der Waals surface area contributed by atoms with Crippen LogP contribution in [-0.4, -0.2) is 11.0 Å². The lowest BCUT2D eigenvalue weighted by molar-refractivity contribution is 0.262. The van der Waals surface area contributed by atoms with Gasteiger partial charge in [0.05, 0.1) is 5.69 Å². The fraction of sp³-hybridized carbons (Fsp3) is 0.118. The average Bonchev–Trinajstić information content (AvgIpc) is 2.92. The molecule has 3 rings (SSSR count). The molecule has 0 aliphatic carbocycles. The first-order valence-electron chi connectivity index (χ1n) is 7.85. The van der Waals surface area contributed by atoms with Gasteiger partial charge in [0.1, 0.15) is 0 Å². The highest BCUT2D eigenvalue weighted by Crippen LogP contribution is 2.22. The van der Waals surface area contributed by atoms with Crippen molar-refractivity contribution < 1.29 is 7.54 Å². The molecule has 0 spiro atoms. The summed E-state index contributed by atoms with van der Waals surface area (Å²) in [4.78, 5) is 15.2. The minimum Gasteiger partial charge on any atom is -0.359 e. The highest BCUT2D eigenvalue weighted by molar-refractivity contribution is 6.05. The number of para-hydroxylation sites is 1. The van der Waals surface area contributed by atoms with Crippen molar-refractivity contribution in [2.24, 2.45) is 0 Å². The molecule has 3 aromatic rings. The standard InChI is InChI=1S/C17H17N3O/c1-2-12-7-9-13(10-8-12)19-17(21)20-16-11-18-15-6-4-3-5-14(15)16/h3-11,18H,2H2,1H3,(H2,19,20,21)/i1D2. The molecule has 0 bridgehead atoms. The van der Waals surface area contributed by atoms with Crippen LogP contribution in [-0.2, 0) is 6.42 Å². The van der Waals surface area contributed by atoms with Crippen molar-refractivity contribution >= 4 is 28.3 Å². The van der Waals surface area contributed by atoms with Gasteiger partial charge in [-0.2, -0.15) is 0 Å². The zero-order chi connectivity index (χ0) is 16.2. The first-order chi connectivity index (χ1) is 11.1. The van der Waals surface area contributed by atoms with E-state index in [-0.39, 0.29) is 6.03 Å². The highest BCUT2D eigenvalue weighted by atomic mass is 16.2. The molecule has 0 unspecified atom stereocenters. The second kappa shape index (κ2) is 5.71. The van der Waals surface area contributed by atoms with Gasteiger partial charge in [-0.15, -0.1) is 0 Å². The summed E-state index contributed by atoms with van der Waals surface area (Å²) in [6.07, 6.45) is 2.14. The van der Waals surface area contributed by atoms with Crippen molar-refractivity contribution in [3.05, 3.63) is 60.3 Å². The summed E-state index contributed by atoms with van der Waals surface area (Å²) in [5.74, 6) is 0. The van der Waals surface area contributed by atoms with Gasteiger partial charge in [0.15, 0.2) is 0 Å². The Bertz CT molecular complexity index is 812. The molecule has 0 fully saturated rings. The Morgan fingerprint density at radius 1 is 1.14 bits per heavy atom. The third-order valence-electron chi connectivity index (χ3n) is 3.28. The Morgan fingerprint density at radius 2 is 1.95 bits per heavy atom. The summed E-state index contributed by atoms with van der Waals surface area (Å²) in [5.41, 5.74) is 3.26. The van der Waals surface area contributed by atoms with E-state index in [2.05, 4.69) is 15.6 Å². The predicted molar refractivity (Wildman–Crippen MR) is 86.8 cm³/mol. The van der Waals surface area contributed by atoms with Crippen molar-refractivity contribution in [2.45, 2.75) is 13.3 Å². The summed E-state index contributed by atoms with van der Waals surface area (Å²) < 4.78 is 14.5. The number of H-pyrrole nitrogens is 1. The van der Waals surface area contributed by atoms with Crippen LogP contribution in [0.3, 0.4) is 0 Å². The van der Waals surface area contributed by atoms with Crippen LogP contribution in [0.1, 0.15) is 15.2 Å². The van der Waals surface area contributed by atoms with Crippen LogP contribution >= 0.6 is 0 Å². The first-order valence-corrected chi connectivity index (χ1v) is 6.69. The van der Waals surface area contributed by atoms with Crippen molar-refractivity contribution in [3.63, 3.8) is 0 Å². The molecule has 2 aromatic carbocycles. The molecule has 0 aliphatic rings. The van der Waals surface area contributed by atoms with Gasteiger partial charge < -0.3 is 15.6 Å². The minimum absolute atomic E-state index is 0.318. The van der Waals surface area contributed by atoms with Crippen molar-refractivity contribution in [3.8, 4) is 0 Å². The Kier molecular flexibility index (Phi) is 2.98. The van der Waals surface area contributed by atoms with Crippen LogP contribution in [0.2, 0.25) is 0 Å². The van der Waals surface area contributed by atoms with E-state index in [0.717, 1.165) is 22.2 Å². The van der Waals surface area contributed by atoms with Crippen LogP contribution in [0.5, 0.6) is 0 Å². The number of fused-ring (bicyclic) bond motifs is 1. The third-order valence-corrected chi connectivity index (χ3v) is 3.28. The van der Waals surface area contributed by atoms with Gasteiger partial charge in [-0.1, -0.05) is 37.2 Å². The van der Waals surface area contributed by atoms with Crippen LogP contribution < -0.4 is 10.6 Å².